The van der Waals surface area contributed by atoms with Gasteiger partial charge in [0.2, 0.25) is 5.78 Å². The smallest absolute Gasteiger partial charge is 0.213 e. The van der Waals surface area contributed by atoms with Crippen LogP contribution in [0.1, 0.15) is 26.3 Å². The van der Waals surface area contributed by atoms with Gasteiger partial charge < -0.3 is 4.98 Å². The van der Waals surface area contributed by atoms with E-state index in [1.165, 1.54) is 11.1 Å². The van der Waals surface area contributed by atoms with Gasteiger partial charge in [0.1, 0.15) is 0 Å². The Morgan fingerprint density at radius 3 is 2.60 bits per heavy atom. The van der Waals surface area contributed by atoms with Crippen LogP contribution in [0.5, 0.6) is 0 Å². The zero-order chi connectivity index (χ0) is 13.9. The molecule has 0 bridgehead atoms. The lowest BCUT2D eigenvalue weighted by Crippen LogP contribution is -2.10. The van der Waals surface area contributed by atoms with E-state index in [4.69, 9.17) is 0 Å². The van der Waals surface area contributed by atoms with Crippen molar-refractivity contribution < 1.29 is 0 Å². The minimum Gasteiger partial charge on any atom is -0.323 e. The summed E-state index contributed by atoms with van der Waals surface area (Å²) < 4.78 is 2.19. The van der Waals surface area contributed by atoms with Crippen molar-refractivity contribution in [2.75, 3.05) is 0 Å². The summed E-state index contributed by atoms with van der Waals surface area (Å²) in [7, 11) is 0. The minimum atomic E-state index is 0.156. The number of H-pyrrole nitrogens is 1. The van der Waals surface area contributed by atoms with Crippen LogP contribution in [0, 0.1) is 0 Å². The third kappa shape index (κ3) is 1.49. The highest BCUT2D eigenvalue weighted by molar-refractivity contribution is 5.90. The second kappa shape index (κ2) is 3.63. The first-order valence-corrected chi connectivity index (χ1v) is 6.93. The minimum absolute atomic E-state index is 0.156. The van der Waals surface area contributed by atoms with Gasteiger partial charge in [0.15, 0.2) is 0 Å². The number of benzene rings is 2. The number of fused-ring (bicyclic) bond motifs is 5. The van der Waals surface area contributed by atoms with E-state index < -0.39 is 0 Å². The molecule has 2 heterocycles. The molecule has 0 atom stereocenters. The van der Waals surface area contributed by atoms with E-state index in [1.54, 1.807) is 0 Å². The van der Waals surface area contributed by atoms with Gasteiger partial charge >= 0.3 is 0 Å². The monoisotopic (exact) mass is 263 g/mol. The number of para-hydroxylation sites is 2. The zero-order valence-electron chi connectivity index (χ0n) is 11.9. The van der Waals surface area contributed by atoms with Crippen LogP contribution >= 0.6 is 0 Å². The first-order valence-electron chi connectivity index (χ1n) is 6.93. The van der Waals surface area contributed by atoms with Crippen LogP contribution in [0.4, 0.5) is 0 Å². The number of aromatic amines is 1. The summed E-state index contributed by atoms with van der Waals surface area (Å²) >= 11 is 0. The van der Waals surface area contributed by atoms with Crippen molar-refractivity contribution >= 4 is 27.8 Å². The van der Waals surface area contributed by atoms with Crippen LogP contribution in [0.2, 0.25) is 0 Å². The molecule has 2 aromatic heterocycles. The fourth-order valence-electron chi connectivity index (χ4n) is 2.77. The van der Waals surface area contributed by atoms with Crippen LogP contribution in [-0.4, -0.2) is 14.4 Å². The maximum absolute atomic E-state index is 4.65. The fourth-order valence-corrected chi connectivity index (χ4v) is 2.77. The van der Waals surface area contributed by atoms with Crippen molar-refractivity contribution in [1.82, 2.24) is 14.4 Å². The van der Waals surface area contributed by atoms with Gasteiger partial charge in [0.25, 0.3) is 0 Å². The third-order valence-corrected chi connectivity index (χ3v) is 3.91. The molecule has 3 nitrogen and oxygen atoms in total. The zero-order valence-corrected chi connectivity index (χ0v) is 11.9. The van der Waals surface area contributed by atoms with Crippen molar-refractivity contribution in [3.8, 4) is 0 Å². The summed E-state index contributed by atoms with van der Waals surface area (Å²) in [5.74, 6) is 0.909. The number of hydrogen-bond acceptors (Lipinski definition) is 1. The average Bonchev–Trinajstić information content (AvgIpc) is 2.91. The van der Waals surface area contributed by atoms with Crippen molar-refractivity contribution in [3.05, 3.63) is 48.0 Å². The summed E-state index contributed by atoms with van der Waals surface area (Å²) in [5, 5.41) is 0. The molecular weight excluding hydrogens is 246 g/mol. The van der Waals surface area contributed by atoms with E-state index in [0.717, 1.165) is 22.3 Å². The van der Waals surface area contributed by atoms with Gasteiger partial charge in [-0.2, -0.15) is 0 Å². The molecule has 2 aromatic carbocycles. The van der Waals surface area contributed by atoms with Crippen LogP contribution in [0.3, 0.4) is 0 Å². The van der Waals surface area contributed by atoms with E-state index in [9.17, 15) is 0 Å². The molecule has 3 heteroatoms. The first-order chi connectivity index (χ1) is 9.54. The number of imidazole rings is 2. The number of hydrogen-bond donors (Lipinski definition) is 1. The maximum Gasteiger partial charge on any atom is 0.213 e. The molecule has 0 unspecified atom stereocenters. The van der Waals surface area contributed by atoms with Gasteiger partial charge in [-0.15, -0.1) is 0 Å². The third-order valence-electron chi connectivity index (χ3n) is 3.91. The largest absolute Gasteiger partial charge is 0.323 e. The van der Waals surface area contributed by atoms with E-state index in [-0.39, 0.29) is 5.41 Å². The van der Waals surface area contributed by atoms with E-state index in [2.05, 4.69) is 65.5 Å². The molecular formula is C17H17N3. The van der Waals surface area contributed by atoms with E-state index >= 15 is 0 Å². The average molecular weight is 263 g/mol. The number of rotatable bonds is 0. The fraction of sp³-hybridized carbons (Fsp3) is 0.235. The molecule has 0 radical (unpaired) electrons. The lowest BCUT2D eigenvalue weighted by atomic mass is 9.87. The standard InChI is InChI=1S/C17H17N3/c1-17(2,3)11-8-9-15-13(10-11)19-16-18-12-6-4-5-7-14(12)20(15)16/h4-10H,1-3H3,(H,18,19). The predicted molar refractivity (Wildman–Crippen MR) is 83.3 cm³/mol. The molecule has 4 aromatic rings. The molecule has 0 aliphatic heterocycles. The highest BCUT2D eigenvalue weighted by atomic mass is 15.1. The van der Waals surface area contributed by atoms with Gasteiger partial charge in [0.05, 0.1) is 22.1 Å². The second-order valence-electron chi connectivity index (χ2n) is 6.37. The highest BCUT2D eigenvalue weighted by Crippen LogP contribution is 2.28. The molecule has 0 saturated heterocycles. The molecule has 0 spiro atoms. The molecule has 4 rings (SSSR count). The van der Waals surface area contributed by atoms with E-state index in [1.807, 2.05) is 12.1 Å². The summed E-state index contributed by atoms with van der Waals surface area (Å²) in [6.45, 7) is 6.70. The number of nitrogens with zero attached hydrogens (tertiary/aromatic N) is 2. The van der Waals surface area contributed by atoms with Crippen molar-refractivity contribution in [1.29, 1.82) is 0 Å². The van der Waals surface area contributed by atoms with Gasteiger partial charge in [-0.25, -0.2) is 4.98 Å². The molecule has 20 heavy (non-hydrogen) atoms. The SMILES string of the molecule is CC(C)(C)c1ccc2c(c1)[nH]c1nc3ccccc3n12. The molecule has 0 aliphatic carbocycles. The number of aromatic nitrogens is 3. The Labute approximate surface area is 117 Å². The molecule has 0 fully saturated rings. The van der Waals surface area contributed by atoms with Crippen molar-refractivity contribution in [2.45, 2.75) is 26.2 Å². The quantitative estimate of drug-likeness (QED) is 0.505. The predicted octanol–water partition coefficient (Wildman–Crippen LogP) is 4.27. The Kier molecular flexibility index (Phi) is 2.09. The Morgan fingerprint density at radius 2 is 1.80 bits per heavy atom. The Bertz CT molecular complexity index is 935. The molecule has 100 valence electrons. The summed E-state index contributed by atoms with van der Waals surface area (Å²) in [6.07, 6.45) is 0. The molecule has 0 amide bonds. The number of nitrogens with one attached hydrogen (secondary N) is 1. The van der Waals surface area contributed by atoms with Crippen LogP contribution in [0.25, 0.3) is 27.8 Å². The van der Waals surface area contributed by atoms with Gasteiger partial charge in [-0.3, -0.25) is 4.40 Å². The summed E-state index contributed by atoms with van der Waals surface area (Å²) in [5.41, 5.74) is 5.99. The second-order valence-corrected chi connectivity index (χ2v) is 6.37. The van der Waals surface area contributed by atoms with Gasteiger partial charge in [-0.1, -0.05) is 39.0 Å². The Morgan fingerprint density at radius 1 is 1.00 bits per heavy atom. The Hall–Kier alpha value is -2.29. The van der Waals surface area contributed by atoms with Crippen LogP contribution < -0.4 is 0 Å². The van der Waals surface area contributed by atoms with E-state index in [0.29, 0.717) is 0 Å². The van der Waals surface area contributed by atoms with Crippen LogP contribution in [-0.2, 0) is 5.41 Å². The van der Waals surface area contributed by atoms with Crippen molar-refractivity contribution in [3.63, 3.8) is 0 Å². The molecule has 1 N–H and O–H groups in total. The Balaban J connectivity index is 2.11. The first kappa shape index (κ1) is 11.5. The maximum atomic E-state index is 4.65. The topological polar surface area (TPSA) is 33.1 Å². The van der Waals surface area contributed by atoms with Crippen LogP contribution in [0.15, 0.2) is 42.5 Å². The lowest BCUT2D eigenvalue weighted by Gasteiger charge is -2.18. The normalized spacial score (nSPS) is 12.8. The highest BCUT2D eigenvalue weighted by Gasteiger charge is 2.16. The molecule has 0 saturated carbocycles. The molecule has 0 aliphatic rings. The summed E-state index contributed by atoms with van der Waals surface area (Å²) in [4.78, 5) is 8.08. The van der Waals surface area contributed by atoms with Gasteiger partial charge in [0, 0.05) is 0 Å². The van der Waals surface area contributed by atoms with Gasteiger partial charge in [-0.05, 0) is 35.2 Å². The summed E-state index contributed by atoms with van der Waals surface area (Å²) in [6, 6.07) is 14.9. The lowest BCUT2D eigenvalue weighted by molar-refractivity contribution is 0.591. The van der Waals surface area contributed by atoms with Crippen molar-refractivity contribution in [2.24, 2.45) is 0 Å².